The molecule has 39 heavy (non-hydrogen) atoms. The lowest BCUT2D eigenvalue weighted by atomic mass is 9.58. The topological polar surface area (TPSA) is 190 Å². The number of fused-ring (bicyclic) bond motifs is 3. The summed E-state index contributed by atoms with van der Waals surface area (Å²) in [6, 6.07) is 0.992. The van der Waals surface area contributed by atoms with Gasteiger partial charge in [0.25, 0.3) is 5.91 Å². The number of benzene rings is 1. The zero-order valence-electron chi connectivity index (χ0n) is 20.8. The first-order valence-corrected chi connectivity index (χ1v) is 11.8. The van der Waals surface area contributed by atoms with E-state index in [0.29, 0.717) is 0 Å². The van der Waals surface area contributed by atoms with E-state index in [4.69, 9.17) is 5.73 Å². The Morgan fingerprint density at radius 3 is 2.38 bits per heavy atom. The molecule has 0 aliphatic heterocycles. The first-order chi connectivity index (χ1) is 18.0. The van der Waals surface area contributed by atoms with E-state index in [2.05, 4.69) is 0 Å². The molecule has 0 spiro atoms. The fraction of sp³-hybridized carbons (Fsp3) is 0.440. The molecule has 4 rings (SSSR count). The highest BCUT2D eigenvalue weighted by Crippen LogP contribution is 2.52. The number of hydrogen-bond acceptors (Lipinski definition) is 10. The molecule has 0 bridgehead atoms. The monoisotopic (exact) mass is 553 g/mol. The van der Waals surface area contributed by atoms with Crippen molar-refractivity contribution in [1.29, 1.82) is 0 Å². The number of alkyl halides is 3. The largest absolute Gasteiger partial charge is 0.510 e. The fourth-order valence-electron chi connectivity index (χ4n) is 5.92. The van der Waals surface area contributed by atoms with Gasteiger partial charge < -0.3 is 31.5 Å². The van der Waals surface area contributed by atoms with Crippen molar-refractivity contribution < 1.29 is 52.8 Å². The van der Waals surface area contributed by atoms with Crippen LogP contribution in [-0.2, 0) is 16.0 Å². The van der Waals surface area contributed by atoms with E-state index in [1.54, 1.807) is 0 Å². The van der Waals surface area contributed by atoms with Crippen LogP contribution in [-0.4, -0.2) is 93.6 Å². The van der Waals surface area contributed by atoms with Gasteiger partial charge in [0.05, 0.1) is 24.7 Å². The maximum atomic E-state index is 13.6. The van der Waals surface area contributed by atoms with Gasteiger partial charge in [0, 0.05) is 17.1 Å². The summed E-state index contributed by atoms with van der Waals surface area (Å²) in [6.45, 7) is -2.14. The van der Waals surface area contributed by atoms with Crippen molar-refractivity contribution in [2.45, 2.75) is 30.7 Å². The zero-order valence-corrected chi connectivity index (χ0v) is 20.8. The Balaban J connectivity index is 1.83. The molecule has 1 aromatic carbocycles. The molecule has 0 aromatic heterocycles. The number of carbonyl (C=O) groups is 4. The molecule has 11 nitrogen and oxygen atoms in total. The molecule has 210 valence electrons. The van der Waals surface area contributed by atoms with Crippen LogP contribution in [0.2, 0.25) is 0 Å². The molecular weight excluding hydrogens is 527 g/mol. The highest BCUT2D eigenvalue weighted by molar-refractivity contribution is 6.25. The molecule has 14 heteroatoms. The number of nitrogens with zero attached hydrogens (tertiary/aromatic N) is 1. The summed E-state index contributed by atoms with van der Waals surface area (Å²) in [6.07, 6.45) is -4.92. The van der Waals surface area contributed by atoms with Crippen LogP contribution in [0.5, 0.6) is 5.75 Å². The molecule has 0 saturated heterocycles. The molecule has 1 aromatic rings. The van der Waals surface area contributed by atoms with Crippen molar-refractivity contribution in [3.05, 3.63) is 51.5 Å². The van der Waals surface area contributed by atoms with Crippen LogP contribution >= 0.6 is 0 Å². The van der Waals surface area contributed by atoms with E-state index >= 15 is 0 Å². The quantitative estimate of drug-likeness (QED) is 0.213. The first kappa shape index (κ1) is 28.3. The molecule has 0 saturated carbocycles. The second-order valence-electron chi connectivity index (χ2n) is 10.1. The van der Waals surface area contributed by atoms with Crippen molar-refractivity contribution in [2.24, 2.45) is 17.6 Å². The number of allylic oxidation sites excluding steroid dienone is 1. The molecule has 0 unspecified atom stereocenters. The Kier molecular flexibility index (Phi) is 6.86. The van der Waals surface area contributed by atoms with Gasteiger partial charge >= 0.3 is 6.18 Å². The number of likely N-dealkylation sites (N-methyl/N-ethyl adjacent to an activating group) is 1. The van der Waals surface area contributed by atoms with Gasteiger partial charge in [-0.2, -0.15) is 13.2 Å². The Labute approximate surface area is 219 Å². The average molecular weight is 553 g/mol. The number of phenolic OH excluding ortho intramolecular Hbond substituents is 1. The summed E-state index contributed by atoms with van der Waals surface area (Å²) in [5.41, 5.74) is 0.628. The summed E-state index contributed by atoms with van der Waals surface area (Å²) < 4.78 is 37.5. The van der Waals surface area contributed by atoms with Gasteiger partial charge in [-0.15, -0.1) is 0 Å². The number of phenols is 1. The van der Waals surface area contributed by atoms with Crippen molar-refractivity contribution in [1.82, 2.24) is 10.2 Å². The van der Waals surface area contributed by atoms with Crippen LogP contribution in [0.4, 0.5) is 13.2 Å². The Morgan fingerprint density at radius 2 is 1.82 bits per heavy atom. The SMILES string of the molecule is CN(C)[C@@H]1C(O)=C(C(N)=O)C(=O)[C@@]2(O)C(O)=C3C(=O)c4c(O)ccc(C(=O)CNCC(F)(F)F)c4C[C@H]3C[C@@H]12. The van der Waals surface area contributed by atoms with Crippen LogP contribution in [0.15, 0.2) is 34.8 Å². The summed E-state index contributed by atoms with van der Waals surface area (Å²) in [7, 11) is 2.96. The van der Waals surface area contributed by atoms with Crippen LogP contribution in [0.3, 0.4) is 0 Å². The predicted molar refractivity (Wildman–Crippen MR) is 127 cm³/mol. The molecule has 1 amide bonds. The van der Waals surface area contributed by atoms with Crippen LogP contribution in [0, 0.1) is 11.8 Å². The first-order valence-electron chi connectivity index (χ1n) is 11.8. The van der Waals surface area contributed by atoms with Gasteiger partial charge in [0.1, 0.15) is 22.8 Å². The number of Topliss-reactive ketones (excluding diaryl/α,β-unsaturated/α-hetero) is 3. The fourth-order valence-corrected chi connectivity index (χ4v) is 5.92. The lowest BCUT2D eigenvalue weighted by Crippen LogP contribution is -2.63. The van der Waals surface area contributed by atoms with E-state index in [9.17, 15) is 52.8 Å². The van der Waals surface area contributed by atoms with E-state index in [1.165, 1.54) is 25.1 Å². The number of ketones is 3. The Hall–Kier alpha value is -3.75. The lowest BCUT2D eigenvalue weighted by Gasteiger charge is -2.50. The number of carbonyl (C=O) groups excluding carboxylic acids is 4. The maximum absolute atomic E-state index is 13.6. The average Bonchev–Trinajstić information content (AvgIpc) is 2.80. The number of aromatic hydroxyl groups is 1. The second kappa shape index (κ2) is 9.47. The number of nitrogens with one attached hydrogen (secondary N) is 1. The number of halogens is 3. The standard InChI is InChI=1S/C25H26F3N3O8/c1-31(2)18-12-6-9-5-11-10(14(33)7-30-8-24(26,27)28)3-4-13(32)16(11)19(34)15(9)21(36)25(12,39)22(37)17(20(18)35)23(29)38/h3-4,9,12,18,30,32,35-36,39H,5-8H2,1-2H3,(H2,29,38)/t9-,12-,18-,25-/m0/s1. The Bertz CT molecular complexity index is 1370. The van der Waals surface area contributed by atoms with Crippen molar-refractivity contribution in [3.8, 4) is 5.75 Å². The summed E-state index contributed by atoms with van der Waals surface area (Å²) in [5.74, 6) is -9.08. The van der Waals surface area contributed by atoms with Crippen molar-refractivity contribution in [3.63, 3.8) is 0 Å². The van der Waals surface area contributed by atoms with Gasteiger partial charge in [-0.3, -0.25) is 24.1 Å². The van der Waals surface area contributed by atoms with E-state index in [0.717, 1.165) is 6.07 Å². The third-order valence-electron chi connectivity index (χ3n) is 7.52. The summed E-state index contributed by atoms with van der Waals surface area (Å²) >= 11 is 0. The van der Waals surface area contributed by atoms with Gasteiger partial charge in [-0.05, 0) is 50.6 Å². The van der Waals surface area contributed by atoms with Crippen molar-refractivity contribution >= 4 is 23.3 Å². The third kappa shape index (κ3) is 4.37. The predicted octanol–water partition coefficient (Wildman–Crippen LogP) is 0.455. The van der Waals surface area contributed by atoms with E-state index in [1.807, 2.05) is 5.32 Å². The zero-order chi connectivity index (χ0) is 29.2. The molecule has 3 aliphatic carbocycles. The van der Waals surface area contributed by atoms with Gasteiger partial charge in [0.2, 0.25) is 5.78 Å². The highest BCUT2D eigenvalue weighted by Gasteiger charge is 2.63. The minimum atomic E-state index is -4.56. The van der Waals surface area contributed by atoms with Gasteiger partial charge in [-0.25, -0.2) is 0 Å². The smallest absolute Gasteiger partial charge is 0.401 e. The van der Waals surface area contributed by atoms with Crippen LogP contribution < -0.4 is 11.1 Å². The van der Waals surface area contributed by atoms with Gasteiger partial charge in [-0.1, -0.05) is 0 Å². The van der Waals surface area contributed by atoms with Gasteiger partial charge in [0.15, 0.2) is 17.2 Å². The molecular formula is C25H26F3N3O8. The molecule has 3 aliphatic rings. The number of aliphatic hydroxyl groups is 3. The van der Waals surface area contributed by atoms with Crippen LogP contribution in [0.1, 0.15) is 32.7 Å². The van der Waals surface area contributed by atoms with E-state index < -0.39 is 100.0 Å². The minimum absolute atomic E-state index is 0.0342. The Morgan fingerprint density at radius 1 is 1.18 bits per heavy atom. The number of hydrogen-bond donors (Lipinski definition) is 6. The second-order valence-corrected chi connectivity index (χ2v) is 10.1. The summed E-state index contributed by atoms with van der Waals surface area (Å²) in [4.78, 5) is 53.0. The van der Waals surface area contributed by atoms with Crippen LogP contribution in [0.25, 0.3) is 0 Å². The molecule has 0 radical (unpaired) electrons. The number of rotatable bonds is 6. The number of aliphatic hydroxyl groups excluding tert-OH is 2. The normalized spacial score (nSPS) is 26.9. The van der Waals surface area contributed by atoms with E-state index in [-0.39, 0.29) is 24.0 Å². The molecule has 0 heterocycles. The number of amides is 1. The summed E-state index contributed by atoms with van der Waals surface area (Å²) in [5, 5.41) is 46.0. The molecule has 0 fully saturated rings. The molecule has 7 N–H and O–H groups in total. The molecule has 4 atom stereocenters. The van der Waals surface area contributed by atoms with Crippen molar-refractivity contribution in [2.75, 3.05) is 27.2 Å². The minimum Gasteiger partial charge on any atom is -0.510 e. The highest BCUT2D eigenvalue weighted by atomic mass is 19.4. The number of primary amides is 1. The number of nitrogens with two attached hydrogens (primary N) is 1. The third-order valence-corrected chi connectivity index (χ3v) is 7.52. The maximum Gasteiger partial charge on any atom is 0.401 e. The lowest BCUT2D eigenvalue weighted by molar-refractivity contribution is -0.148.